The van der Waals surface area contributed by atoms with E-state index in [9.17, 15) is 0 Å². The van der Waals surface area contributed by atoms with Gasteiger partial charge in [-0.3, -0.25) is 0 Å². The summed E-state index contributed by atoms with van der Waals surface area (Å²) in [4.78, 5) is 0. The highest BCUT2D eigenvalue weighted by Gasteiger charge is 2.55. The van der Waals surface area contributed by atoms with Crippen molar-refractivity contribution in [1.82, 2.24) is 0 Å². The molecule has 3 rings (SSSR count). The first-order valence-electron chi connectivity index (χ1n) is 7.73. The van der Waals surface area contributed by atoms with Crippen LogP contribution >= 0.6 is 24.0 Å². The van der Waals surface area contributed by atoms with E-state index in [2.05, 4.69) is 6.92 Å². The third kappa shape index (κ3) is 2.76. The number of thioether (sulfide) groups is 1. The number of fused-ring (bicyclic) bond motifs is 3. The zero-order chi connectivity index (χ0) is 16.6. The smallest absolute Gasteiger partial charge is 0.220 e. The molecule has 1 aromatic carbocycles. The lowest BCUT2D eigenvalue weighted by molar-refractivity contribution is -0.0550. The van der Waals surface area contributed by atoms with E-state index in [0.29, 0.717) is 4.38 Å². The normalized spacial score (nSPS) is 28.3. The molecule has 4 nitrogen and oxygen atoms in total. The molecule has 0 saturated heterocycles. The van der Waals surface area contributed by atoms with Crippen molar-refractivity contribution in [3.63, 3.8) is 0 Å². The van der Waals surface area contributed by atoms with Gasteiger partial charge < -0.3 is 18.9 Å². The molecule has 1 fully saturated rings. The maximum Gasteiger partial charge on any atom is 0.220 e. The predicted molar refractivity (Wildman–Crippen MR) is 96.2 cm³/mol. The fraction of sp³-hybridized carbons (Fsp3) is 0.588. The van der Waals surface area contributed by atoms with Gasteiger partial charge in [-0.25, -0.2) is 0 Å². The van der Waals surface area contributed by atoms with Crippen LogP contribution in [-0.4, -0.2) is 36.6 Å². The average molecular weight is 354 g/mol. The van der Waals surface area contributed by atoms with Gasteiger partial charge in [0.2, 0.25) is 4.38 Å². The molecule has 0 spiro atoms. The van der Waals surface area contributed by atoms with Crippen molar-refractivity contribution in [1.29, 1.82) is 0 Å². The van der Waals surface area contributed by atoms with Crippen molar-refractivity contribution in [3.8, 4) is 17.2 Å². The molecule has 1 heterocycles. The van der Waals surface area contributed by atoms with Crippen molar-refractivity contribution in [2.75, 3.05) is 20.5 Å². The van der Waals surface area contributed by atoms with Crippen molar-refractivity contribution < 1.29 is 18.9 Å². The summed E-state index contributed by atoms with van der Waals surface area (Å²) in [6.07, 6.45) is 4.96. The first-order chi connectivity index (χ1) is 11.0. The number of thiocarbonyl (C=S) groups is 1. The molecule has 1 saturated carbocycles. The van der Waals surface area contributed by atoms with E-state index in [-0.39, 0.29) is 12.0 Å². The van der Waals surface area contributed by atoms with Gasteiger partial charge in [-0.15, -0.1) is 0 Å². The van der Waals surface area contributed by atoms with Gasteiger partial charge in [0, 0.05) is 23.6 Å². The second kappa shape index (κ2) is 6.40. The maximum absolute atomic E-state index is 6.39. The van der Waals surface area contributed by atoms with Crippen LogP contribution in [0.2, 0.25) is 0 Å². The Bertz CT molecular complexity index is 619. The summed E-state index contributed by atoms with van der Waals surface area (Å²) in [5, 5.41) is 0. The first kappa shape index (κ1) is 16.7. The van der Waals surface area contributed by atoms with Crippen molar-refractivity contribution >= 4 is 28.4 Å². The minimum atomic E-state index is -0.431. The molecule has 0 aromatic heterocycles. The van der Waals surface area contributed by atoms with Crippen LogP contribution in [0.5, 0.6) is 17.2 Å². The van der Waals surface area contributed by atoms with Gasteiger partial charge in [0.1, 0.15) is 29.0 Å². The molecule has 0 N–H and O–H groups in total. The van der Waals surface area contributed by atoms with Crippen molar-refractivity contribution in [2.24, 2.45) is 0 Å². The standard InChI is InChI=1S/C17H22O4S2/c1-17-11(6-5-7-14(17)20-16(22)23-4)15-12(19-3)8-10(18-2)9-13(15)21-17/h8-9,11,14H,5-7H2,1-4H3/t11-,14?,17+/m0/s1. The summed E-state index contributed by atoms with van der Waals surface area (Å²) in [5.41, 5.74) is 0.694. The highest BCUT2D eigenvalue weighted by molar-refractivity contribution is 8.22. The molecule has 2 aliphatic rings. The summed E-state index contributed by atoms with van der Waals surface area (Å²) in [6, 6.07) is 3.86. The Kier molecular flexibility index (Phi) is 4.65. The zero-order valence-corrected chi connectivity index (χ0v) is 15.5. The number of benzene rings is 1. The number of hydrogen-bond donors (Lipinski definition) is 0. The van der Waals surface area contributed by atoms with Gasteiger partial charge in [-0.05, 0) is 44.7 Å². The molecule has 0 amide bonds. The molecule has 126 valence electrons. The molecule has 1 aliphatic carbocycles. The molecule has 1 aliphatic heterocycles. The Morgan fingerprint density at radius 1 is 1.30 bits per heavy atom. The highest BCUT2D eigenvalue weighted by atomic mass is 32.2. The number of ether oxygens (including phenoxy) is 4. The van der Waals surface area contributed by atoms with Crippen LogP contribution in [0.15, 0.2) is 12.1 Å². The third-order valence-electron chi connectivity index (χ3n) is 4.91. The van der Waals surface area contributed by atoms with Crippen LogP contribution in [0.25, 0.3) is 0 Å². The Morgan fingerprint density at radius 3 is 2.74 bits per heavy atom. The van der Waals surface area contributed by atoms with Crippen LogP contribution in [-0.2, 0) is 4.74 Å². The molecule has 1 aromatic rings. The van der Waals surface area contributed by atoms with Crippen LogP contribution in [0.3, 0.4) is 0 Å². The summed E-state index contributed by atoms with van der Waals surface area (Å²) >= 11 is 6.72. The largest absolute Gasteiger partial charge is 0.496 e. The van der Waals surface area contributed by atoms with E-state index in [1.165, 1.54) is 11.8 Å². The topological polar surface area (TPSA) is 36.9 Å². The fourth-order valence-electron chi connectivity index (χ4n) is 3.74. The molecule has 6 heteroatoms. The quantitative estimate of drug-likeness (QED) is 0.759. The molecule has 0 bridgehead atoms. The van der Waals surface area contributed by atoms with E-state index in [1.807, 2.05) is 18.4 Å². The molecule has 1 unspecified atom stereocenters. The second-order valence-corrected chi connectivity index (χ2v) is 7.48. The van der Waals surface area contributed by atoms with Gasteiger partial charge >= 0.3 is 0 Å². The van der Waals surface area contributed by atoms with Crippen LogP contribution in [0.4, 0.5) is 0 Å². The Balaban J connectivity index is 2.00. The molecular weight excluding hydrogens is 332 g/mol. The lowest BCUT2D eigenvalue weighted by Crippen LogP contribution is -2.50. The van der Waals surface area contributed by atoms with E-state index in [1.54, 1.807) is 14.2 Å². The Hall–Kier alpha value is -1.14. The molecule has 23 heavy (non-hydrogen) atoms. The minimum absolute atomic E-state index is 0.0516. The predicted octanol–water partition coefficient (Wildman–Crippen LogP) is 4.16. The first-order valence-corrected chi connectivity index (χ1v) is 9.36. The molecule has 3 atom stereocenters. The Labute approximate surface area is 146 Å². The third-order valence-corrected chi connectivity index (χ3v) is 5.93. The van der Waals surface area contributed by atoms with Crippen molar-refractivity contribution in [2.45, 2.75) is 43.8 Å². The summed E-state index contributed by atoms with van der Waals surface area (Å²) in [5.74, 6) is 2.63. The number of hydrogen-bond acceptors (Lipinski definition) is 6. The van der Waals surface area contributed by atoms with Crippen LogP contribution in [0, 0.1) is 0 Å². The summed E-state index contributed by atoms with van der Waals surface area (Å²) in [7, 11) is 3.33. The number of rotatable bonds is 3. The van der Waals surface area contributed by atoms with Crippen LogP contribution in [0.1, 0.15) is 37.7 Å². The fourth-order valence-corrected chi connectivity index (χ4v) is 4.07. The van der Waals surface area contributed by atoms with Gasteiger partial charge in [-0.1, -0.05) is 11.8 Å². The van der Waals surface area contributed by atoms with Gasteiger partial charge in [0.05, 0.1) is 14.2 Å². The van der Waals surface area contributed by atoms with Crippen molar-refractivity contribution in [3.05, 3.63) is 17.7 Å². The van der Waals surface area contributed by atoms with E-state index in [0.717, 1.165) is 42.1 Å². The maximum atomic E-state index is 6.39. The lowest BCUT2D eigenvalue weighted by atomic mass is 9.72. The van der Waals surface area contributed by atoms with E-state index in [4.69, 9.17) is 31.2 Å². The Morgan fingerprint density at radius 2 is 2.09 bits per heavy atom. The molecule has 0 radical (unpaired) electrons. The zero-order valence-electron chi connectivity index (χ0n) is 13.9. The van der Waals surface area contributed by atoms with Crippen LogP contribution < -0.4 is 14.2 Å². The number of methoxy groups -OCH3 is 2. The second-order valence-electron chi connectivity index (χ2n) is 6.07. The van der Waals surface area contributed by atoms with Gasteiger partial charge in [0.15, 0.2) is 0 Å². The van der Waals surface area contributed by atoms with E-state index >= 15 is 0 Å². The van der Waals surface area contributed by atoms with Gasteiger partial charge in [0.25, 0.3) is 0 Å². The monoisotopic (exact) mass is 354 g/mol. The minimum Gasteiger partial charge on any atom is -0.496 e. The average Bonchev–Trinajstić information content (AvgIpc) is 2.87. The highest BCUT2D eigenvalue weighted by Crippen LogP contribution is 2.56. The van der Waals surface area contributed by atoms with E-state index < -0.39 is 5.60 Å². The molecular formula is C17H22O4S2. The SMILES string of the molecule is COc1cc(OC)c2c(c1)O[C@@]1(C)C(OC(=S)SC)CCC[C@@H]21. The lowest BCUT2D eigenvalue weighted by Gasteiger charge is -2.41. The summed E-state index contributed by atoms with van der Waals surface area (Å²) in [6.45, 7) is 2.12. The summed E-state index contributed by atoms with van der Waals surface area (Å²) < 4.78 is 23.9. The van der Waals surface area contributed by atoms with Gasteiger partial charge in [-0.2, -0.15) is 0 Å².